The van der Waals surface area contributed by atoms with Gasteiger partial charge in [0, 0.05) is 16.3 Å². The van der Waals surface area contributed by atoms with E-state index in [1.807, 2.05) is 18.2 Å². The number of nitrogens with zero attached hydrogens (tertiary/aromatic N) is 2. The van der Waals surface area contributed by atoms with Gasteiger partial charge >= 0.3 is 0 Å². The summed E-state index contributed by atoms with van der Waals surface area (Å²) in [6.07, 6.45) is 0.884. The van der Waals surface area contributed by atoms with E-state index < -0.39 is 8.32 Å². The van der Waals surface area contributed by atoms with Crippen LogP contribution in [0.5, 0.6) is 0 Å². The Hall–Kier alpha value is -1.51. The second-order valence-corrected chi connectivity index (χ2v) is 11.2. The van der Waals surface area contributed by atoms with Crippen molar-refractivity contribution in [2.45, 2.75) is 52.4 Å². The molecule has 0 heterocycles. The molecule has 0 unspecified atom stereocenters. The third kappa shape index (κ3) is 4.87. The zero-order chi connectivity index (χ0) is 16.0. The highest BCUT2D eigenvalue weighted by atomic mass is 28.4. The van der Waals surface area contributed by atoms with Crippen LogP contribution < -0.4 is 0 Å². The van der Waals surface area contributed by atoms with Crippen LogP contribution in [0.4, 0.5) is 0 Å². The van der Waals surface area contributed by atoms with Crippen molar-refractivity contribution in [3.05, 3.63) is 34.9 Å². The molecule has 1 rings (SSSR count). The van der Waals surface area contributed by atoms with Gasteiger partial charge in [0.15, 0.2) is 8.32 Å². The van der Waals surface area contributed by atoms with Gasteiger partial charge in [0.05, 0.1) is 6.61 Å². The normalized spacial score (nSPS) is 11.4. The maximum atomic E-state index is 10.8. The van der Waals surface area contributed by atoms with Crippen LogP contribution >= 0.6 is 0 Å². The largest absolute Gasteiger partial charge is 0.413 e. The number of hydrogen-bond acceptors (Lipinski definition) is 4. The number of carbonyl (C=O) groups excluding carboxylic acids is 1. The van der Waals surface area contributed by atoms with Crippen LogP contribution in [0, 0.1) is 17.7 Å². The second-order valence-electron chi connectivity index (χ2n) is 6.35. The van der Waals surface area contributed by atoms with Crippen LogP contribution in [0.25, 0.3) is 0 Å². The van der Waals surface area contributed by atoms with Crippen LogP contribution in [0.2, 0.25) is 18.1 Å². The van der Waals surface area contributed by atoms with Gasteiger partial charge in [-0.25, -0.2) is 0 Å². The third-order valence-electron chi connectivity index (χ3n) is 3.90. The standard InChI is InChI=1S/C15H24O2Si.N2/c1-12-7-8-13(10-16)9-14(12)11-17-18(5,6)15(2,3)4;1-2/h7-10H,11H2,1-6H3;. The first-order valence-electron chi connectivity index (χ1n) is 6.56. The van der Waals surface area contributed by atoms with Crippen LogP contribution in [-0.2, 0) is 11.0 Å². The predicted molar refractivity (Wildman–Crippen MR) is 82.0 cm³/mol. The predicted octanol–water partition coefficient (Wildman–Crippen LogP) is 4.36. The molecule has 0 aliphatic heterocycles. The van der Waals surface area contributed by atoms with E-state index >= 15 is 0 Å². The SMILES string of the molecule is Cc1ccc(C=O)cc1CO[Si](C)(C)C(C)(C)C.N#N. The lowest BCUT2D eigenvalue weighted by molar-refractivity contribution is 0.112. The molecule has 0 atom stereocenters. The quantitative estimate of drug-likeness (QED) is 0.469. The zero-order valence-corrected chi connectivity index (χ0v) is 14.2. The van der Waals surface area contributed by atoms with E-state index in [9.17, 15) is 4.79 Å². The van der Waals surface area contributed by atoms with Crippen molar-refractivity contribution in [2.24, 2.45) is 0 Å². The Labute approximate surface area is 122 Å². The molecule has 0 amide bonds. The molecule has 0 radical (unpaired) electrons. The van der Waals surface area contributed by atoms with Crippen LogP contribution in [0.3, 0.4) is 0 Å². The fraction of sp³-hybridized carbons (Fsp3) is 0.533. The van der Waals surface area contributed by atoms with Gasteiger partial charge in [0.1, 0.15) is 6.29 Å². The molecule has 0 bridgehead atoms. The van der Waals surface area contributed by atoms with Crippen molar-refractivity contribution in [3.63, 3.8) is 0 Å². The molecular formula is C15H24N2O2Si. The molecule has 0 aliphatic rings. The summed E-state index contributed by atoms with van der Waals surface area (Å²) in [4.78, 5) is 10.8. The van der Waals surface area contributed by atoms with Crippen molar-refractivity contribution < 1.29 is 9.22 Å². The lowest BCUT2D eigenvalue weighted by Gasteiger charge is -2.36. The lowest BCUT2D eigenvalue weighted by atomic mass is 10.1. The molecule has 1 aromatic carbocycles. The second kappa shape index (κ2) is 7.32. The van der Waals surface area contributed by atoms with Gasteiger partial charge in [-0.2, -0.15) is 0 Å². The minimum Gasteiger partial charge on any atom is -0.413 e. The van der Waals surface area contributed by atoms with E-state index in [2.05, 4.69) is 40.8 Å². The van der Waals surface area contributed by atoms with E-state index in [-0.39, 0.29) is 5.04 Å². The summed E-state index contributed by atoms with van der Waals surface area (Å²) in [6, 6.07) is 5.75. The molecular weight excluding hydrogens is 268 g/mol. The lowest BCUT2D eigenvalue weighted by Crippen LogP contribution is -2.40. The Morgan fingerprint density at radius 3 is 2.25 bits per heavy atom. The Balaban J connectivity index is 0.00000172. The number of rotatable bonds is 4. The van der Waals surface area contributed by atoms with Crippen molar-refractivity contribution in [3.8, 4) is 0 Å². The van der Waals surface area contributed by atoms with E-state index in [4.69, 9.17) is 15.2 Å². The van der Waals surface area contributed by atoms with Crippen molar-refractivity contribution in [2.75, 3.05) is 0 Å². The average Bonchev–Trinajstić information content (AvgIpc) is 2.39. The van der Waals surface area contributed by atoms with Gasteiger partial charge in [-0.3, -0.25) is 4.79 Å². The van der Waals surface area contributed by atoms with Gasteiger partial charge < -0.3 is 4.43 Å². The Kier molecular flexibility index (Phi) is 6.76. The molecule has 0 aliphatic carbocycles. The number of hydrogen-bond donors (Lipinski definition) is 0. The molecule has 1 aromatic rings. The summed E-state index contributed by atoms with van der Waals surface area (Å²) in [5, 5.41) is 12.2. The highest BCUT2D eigenvalue weighted by Gasteiger charge is 2.37. The minimum absolute atomic E-state index is 0.211. The molecule has 0 saturated heterocycles. The van der Waals surface area contributed by atoms with Gasteiger partial charge in [-0.1, -0.05) is 32.9 Å². The Morgan fingerprint density at radius 1 is 1.25 bits per heavy atom. The Morgan fingerprint density at radius 2 is 1.80 bits per heavy atom. The van der Waals surface area contributed by atoms with Crippen LogP contribution in [0.1, 0.15) is 42.3 Å². The first-order chi connectivity index (χ1) is 9.17. The molecule has 20 heavy (non-hydrogen) atoms. The smallest absolute Gasteiger partial charge is 0.192 e. The third-order valence-corrected chi connectivity index (χ3v) is 8.38. The minimum atomic E-state index is -1.73. The van der Waals surface area contributed by atoms with Gasteiger partial charge in [-0.05, 0) is 42.2 Å². The molecule has 0 N–H and O–H groups in total. The number of aryl methyl sites for hydroxylation is 1. The first-order valence-corrected chi connectivity index (χ1v) is 9.47. The molecule has 4 nitrogen and oxygen atoms in total. The molecule has 5 heteroatoms. The molecule has 110 valence electrons. The van der Waals surface area contributed by atoms with Gasteiger partial charge in [-0.15, -0.1) is 0 Å². The number of aldehydes is 1. The summed E-state index contributed by atoms with van der Waals surface area (Å²) < 4.78 is 6.18. The number of carbonyl (C=O) groups is 1. The average molecular weight is 292 g/mol. The zero-order valence-electron chi connectivity index (χ0n) is 13.2. The first kappa shape index (κ1) is 18.5. The summed E-state index contributed by atoms with van der Waals surface area (Å²) in [6.45, 7) is 13.8. The topological polar surface area (TPSA) is 73.9 Å². The summed E-state index contributed by atoms with van der Waals surface area (Å²) in [5.74, 6) is 0. The van der Waals surface area contributed by atoms with Gasteiger partial charge in [0.25, 0.3) is 0 Å². The fourth-order valence-corrected chi connectivity index (χ4v) is 2.34. The maximum absolute atomic E-state index is 10.8. The van der Waals surface area contributed by atoms with Crippen molar-refractivity contribution in [1.29, 1.82) is 10.8 Å². The fourth-order valence-electron chi connectivity index (χ4n) is 1.39. The van der Waals surface area contributed by atoms with Crippen molar-refractivity contribution >= 4 is 14.6 Å². The monoisotopic (exact) mass is 292 g/mol. The molecule has 0 fully saturated rings. The number of benzene rings is 1. The Bertz CT molecular complexity index is 476. The molecule has 0 spiro atoms. The maximum Gasteiger partial charge on any atom is 0.192 e. The van der Waals surface area contributed by atoms with Crippen LogP contribution in [0.15, 0.2) is 18.2 Å². The van der Waals surface area contributed by atoms with Gasteiger partial charge in [0.2, 0.25) is 0 Å². The highest BCUT2D eigenvalue weighted by Crippen LogP contribution is 2.37. The van der Waals surface area contributed by atoms with Crippen molar-refractivity contribution in [1.82, 2.24) is 0 Å². The summed E-state index contributed by atoms with van der Waals surface area (Å²) in [7, 11) is -1.73. The van der Waals surface area contributed by atoms with E-state index in [0.717, 1.165) is 17.4 Å². The summed E-state index contributed by atoms with van der Waals surface area (Å²) in [5.41, 5.74) is 3.01. The highest BCUT2D eigenvalue weighted by molar-refractivity contribution is 6.74. The van der Waals surface area contributed by atoms with E-state index in [0.29, 0.717) is 6.61 Å². The van der Waals surface area contributed by atoms with Crippen LogP contribution in [-0.4, -0.2) is 14.6 Å². The van der Waals surface area contributed by atoms with E-state index in [1.54, 1.807) is 0 Å². The van der Waals surface area contributed by atoms with E-state index in [1.165, 1.54) is 5.56 Å². The summed E-state index contributed by atoms with van der Waals surface area (Å²) >= 11 is 0. The molecule has 0 aromatic heterocycles. The molecule has 0 saturated carbocycles.